The molecule has 0 atom stereocenters. The fourth-order valence-electron chi connectivity index (χ4n) is 1.87. The Hall–Kier alpha value is -0.990. The van der Waals surface area contributed by atoms with Gasteiger partial charge in [0.05, 0.1) is 15.6 Å². The normalized spacial score (nSPS) is 10.9. The second kappa shape index (κ2) is 5.77. The predicted octanol–water partition coefficient (Wildman–Crippen LogP) is 4.93. The van der Waals surface area contributed by atoms with Crippen LogP contribution in [0.1, 0.15) is 26.0 Å². The molecule has 0 bridgehead atoms. The summed E-state index contributed by atoms with van der Waals surface area (Å²) in [5, 5.41) is 5.52. The first kappa shape index (κ1) is 13.4. The molecular weight excluding hydrogens is 267 g/mol. The van der Waals surface area contributed by atoms with E-state index < -0.39 is 0 Å². The molecule has 4 heteroatoms. The van der Waals surface area contributed by atoms with Gasteiger partial charge < -0.3 is 5.32 Å². The van der Waals surface area contributed by atoms with E-state index in [-0.39, 0.29) is 0 Å². The maximum absolute atomic E-state index is 6.24. The fraction of sp³-hybridized carbons (Fsp3) is 0.357. The Morgan fingerprint density at radius 3 is 2.67 bits per heavy atom. The van der Waals surface area contributed by atoms with Crippen molar-refractivity contribution in [1.29, 1.82) is 0 Å². The van der Waals surface area contributed by atoms with Gasteiger partial charge in [-0.2, -0.15) is 0 Å². The number of rotatable bonds is 4. The lowest BCUT2D eigenvalue weighted by atomic mass is 10.1. The Kier molecular flexibility index (Phi) is 4.31. The van der Waals surface area contributed by atoms with E-state index >= 15 is 0 Å². The van der Waals surface area contributed by atoms with E-state index in [2.05, 4.69) is 30.2 Å². The molecule has 1 aromatic heterocycles. The molecule has 0 spiro atoms. The Morgan fingerprint density at radius 2 is 2.00 bits per heavy atom. The molecule has 0 fully saturated rings. The average molecular weight is 283 g/mol. The lowest BCUT2D eigenvalue weighted by Crippen LogP contribution is -2.02. The summed E-state index contributed by atoms with van der Waals surface area (Å²) in [5.74, 6) is 0. The van der Waals surface area contributed by atoms with Crippen LogP contribution in [0.25, 0.3) is 10.9 Å². The van der Waals surface area contributed by atoms with E-state index in [9.17, 15) is 0 Å². The molecule has 0 aliphatic carbocycles. The average Bonchev–Trinajstić information content (AvgIpc) is 2.40. The molecule has 0 radical (unpaired) electrons. The van der Waals surface area contributed by atoms with Gasteiger partial charge in [0.15, 0.2) is 0 Å². The van der Waals surface area contributed by atoms with Gasteiger partial charge in [0, 0.05) is 23.3 Å². The van der Waals surface area contributed by atoms with E-state index in [1.54, 1.807) is 0 Å². The number of hydrogen-bond donors (Lipinski definition) is 1. The molecule has 0 amide bonds. The van der Waals surface area contributed by atoms with Crippen LogP contribution in [0.3, 0.4) is 0 Å². The van der Waals surface area contributed by atoms with Gasteiger partial charge >= 0.3 is 0 Å². The second-order valence-corrected chi connectivity index (χ2v) is 4.98. The van der Waals surface area contributed by atoms with Gasteiger partial charge in [-0.3, -0.25) is 4.98 Å². The van der Waals surface area contributed by atoms with Crippen molar-refractivity contribution in [3.05, 3.63) is 33.9 Å². The summed E-state index contributed by atoms with van der Waals surface area (Å²) in [4.78, 5) is 4.57. The lowest BCUT2D eigenvalue weighted by Gasteiger charge is -2.12. The molecule has 2 nitrogen and oxygen atoms in total. The van der Waals surface area contributed by atoms with E-state index in [1.165, 1.54) is 0 Å². The van der Waals surface area contributed by atoms with Crippen molar-refractivity contribution >= 4 is 39.8 Å². The number of fused-ring (bicyclic) bond motifs is 1. The summed E-state index contributed by atoms with van der Waals surface area (Å²) < 4.78 is 0. The third-order valence-electron chi connectivity index (χ3n) is 2.85. The van der Waals surface area contributed by atoms with Crippen LogP contribution in [0, 0.1) is 0 Å². The number of nitrogens with zero attached hydrogens (tertiary/aromatic N) is 1. The van der Waals surface area contributed by atoms with Crippen LogP contribution in [0.2, 0.25) is 10.0 Å². The second-order valence-electron chi connectivity index (χ2n) is 4.20. The molecule has 0 unspecified atom stereocenters. The van der Waals surface area contributed by atoms with Crippen molar-refractivity contribution in [2.45, 2.75) is 26.7 Å². The zero-order valence-corrected chi connectivity index (χ0v) is 12.1. The van der Waals surface area contributed by atoms with Gasteiger partial charge in [0.1, 0.15) is 0 Å². The quantitative estimate of drug-likeness (QED) is 0.860. The van der Waals surface area contributed by atoms with Crippen LogP contribution in [-0.2, 0) is 6.42 Å². The van der Waals surface area contributed by atoms with E-state index in [0.29, 0.717) is 10.0 Å². The molecule has 96 valence electrons. The third kappa shape index (κ3) is 2.55. The number of benzene rings is 1. The summed E-state index contributed by atoms with van der Waals surface area (Å²) in [6.45, 7) is 5.15. The smallest absolute Gasteiger partial charge is 0.0927 e. The molecule has 2 aromatic rings. The molecular formula is C14H16Cl2N2. The van der Waals surface area contributed by atoms with Gasteiger partial charge in [-0.1, -0.05) is 37.0 Å². The molecule has 18 heavy (non-hydrogen) atoms. The highest BCUT2D eigenvalue weighted by Gasteiger charge is 2.10. The topological polar surface area (TPSA) is 24.9 Å². The summed E-state index contributed by atoms with van der Waals surface area (Å²) in [5.41, 5.74) is 2.88. The Balaban J connectivity index is 2.64. The number of halogens is 2. The molecule has 0 saturated heterocycles. The third-order valence-corrected chi connectivity index (χ3v) is 3.65. The maximum atomic E-state index is 6.24. The van der Waals surface area contributed by atoms with Crippen molar-refractivity contribution in [3.8, 4) is 0 Å². The number of aryl methyl sites for hydroxylation is 1. The van der Waals surface area contributed by atoms with Crippen LogP contribution in [-0.4, -0.2) is 11.5 Å². The Morgan fingerprint density at radius 1 is 1.22 bits per heavy atom. The van der Waals surface area contributed by atoms with Crippen molar-refractivity contribution < 1.29 is 0 Å². The van der Waals surface area contributed by atoms with E-state index in [0.717, 1.165) is 41.7 Å². The molecule has 1 aromatic carbocycles. The largest absolute Gasteiger partial charge is 0.384 e. The van der Waals surface area contributed by atoms with E-state index in [1.807, 2.05) is 12.1 Å². The van der Waals surface area contributed by atoms with Crippen molar-refractivity contribution in [2.24, 2.45) is 0 Å². The number of nitrogens with one attached hydrogen (secondary N) is 1. The summed E-state index contributed by atoms with van der Waals surface area (Å²) >= 11 is 12.3. The summed E-state index contributed by atoms with van der Waals surface area (Å²) in [6.07, 6.45) is 1.95. The highest BCUT2D eigenvalue weighted by atomic mass is 35.5. The zero-order chi connectivity index (χ0) is 13.1. The minimum atomic E-state index is 0.531. The van der Waals surface area contributed by atoms with Gasteiger partial charge in [0.2, 0.25) is 0 Å². The molecule has 2 rings (SSSR count). The van der Waals surface area contributed by atoms with Gasteiger partial charge in [0.25, 0.3) is 0 Å². The molecule has 0 saturated carbocycles. The fourth-order valence-corrected chi connectivity index (χ4v) is 2.23. The van der Waals surface area contributed by atoms with Crippen LogP contribution in [0.5, 0.6) is 0 Å². The van der Waals surface area contributed by atoms with E-state index in [4.69, 9.17) is 23.2 Å². The highest BCUT2D eigenvalue weighted by molar-refractivity contribution is 6.45. The highest BCUT2D eigenvalue weighted by Crippen LogP contribution is 2.33. The minimum absolute atomic E-state index is 0.531. The number of aromatic nitrogens is 1. The minimum Gasteiger partial charge on any atom is -0.384 e. The van der Waals surface area contributed by atoms with Crippen molar-refractivity contribution in [3.63, 3.8) is 0 Å². The van der Waals surface area contributed by atoms with Crippen molar-refractivity contribution in [1.82, 2.24) is 4.98 Å². The standard InChI is InChI=1S/C14H16Cl2N2/c1-3-7-17-12-8-9(4-2)18-14-10(12)5-6-11(15)13(14)16/h5-6,8H,3-4,7H2,1-2H3,(H,17,18). The van der Waals surface area contributed by atoms with Gasteiger partial charge in [-0.05, 0) is 31.0 Å². The van der Waals surface area contributed by atoms with Crippen LogP contribution in [0.4, 0.5) is 5.69 Å². The molecule has 0 aliphatic heterocycles. The molecule has 1 N–H and O–H groups in total. The molecule has 1 heterocycles. The lowest BCUT2D eigenvalue weighted by molar-refractivity contribution is 0.977. The SMILES string of the molecule is CCCNc1cc(CC)nc2c(Cl)c(Cl)ccc12. The molecule has 0 aliphatic rings. The van der Waals surface area contributed by atoms with Gasteiger partial charge in [-0.15, -0.1) is 0 Å². The monoisotopic (exact) mass is 282 g/mol. The van der Waals surface area contributed by atoms with Crippen LogP contribution in [0.15, 0.2) is 18.2 Å². The zero-order valence-electron chi connectivity index (χ0n) is 10.6. The first-order chi connectivity index (χ1) is 8.67. The number of hydrogen-bond acceptors (Lipinski definition) is 2. The number of anilines is 1. The summed E-state index contributed by atoms with van der Waals surface area (Å²) in [6, 6.07) is 5.87. The van der Waals surface area contributed by atoms with Crippen LogP contribution >= 0.6 is 23.2 Å². The first-order valence-electron chi connectivity index (χ1n) is 6.18. The number of pyridine rings is 1. The predicted molar refractivity (Wildman–Crippen MR) is 79.9 cm³/mol. The Labute approximate surface area is 117 Å². The first-order valence-corrected chi connectivity index (χ1v) is 6.94. The summed E-state index contributed by atoms with van der Waals surface area (Å²) in [7, 11) is 0. The van der Waals surface area contributed by atoms with Crippen molar-refractivity contribution in [2.75, 3.05) is 11.9 Å². The van der Waals surface area contributed by atoms with Gasteiger partial charge in [-0.25, -0.2) is 0 Å². The van der Waals surface area contributed by atoms with Crippen LogP contribution < -0.4 is 5.32 Å². The Bertz CT molecular complexity index is 567. The maximum Gasteiger partial charge on any atom is 0.0927 e.